The number of sulfonamides is 1. The molecule has 24 heavy (non-hydrogen) atoms. The predicted molar refractivity (Wildman–Crippen MR) is 84.8 cm³/mol. The first-order chi connectivity index (χ1) is 11.2. The summed E-state index contributed by atoms with van der Waals surface area (Å²) in [6, 6.07) is 6.36. The second kappa shape index (κ2) is 5.64. The van der Waals surface area contributed by atoms with Gasteiger partial charge in [0.05, 0.1) is 10.4 Å². The van der Waals surface area contributed by atoms with Crippen molar-refractivity contribution in [2.75, 3.05) is 0 Å². The number of fused-ring (bicyclic) bond motifs is 1. The van der Waals surface area contributed by atoms with E-state index in [-0.39, 0.29) is 11.1 Å². The Labute approximate surface area is 136 Å². The van der Waals surface area contributed by atoms with Gasteiger partial charge >= 0.3 is 0 Å². The van der Waals surface area contributed by atoms with Crippen molar-refractivity contribution in [2.45, 2.75) is 18.2 Å². The summed E-state index contributed by atoms with van der Waals surface area (Å²) in [5.74, 6) is -0.758. The van der Waals surface area contributed by atoms with Crippen LogP contribution in [-0.2, 0) is 10.0 Å². The van der Waals surface area contributed by atoms with Crippen molar-refractivity contribution in [3.05, 3.63) is 53.5 Å². The molecule has 0 fully saturated rings. The van der Waals surface area contributed by atoms with Crippen molar-refractivity contribution >= 4 is 20.9 Å². The zero-order valence-corrected chi connectivity index (χ0v) is 13.3. The molecular weight excluding hydrogens is 341 g/mol. The standard InChI is InChI=1S/C16H13F3N2O2S/c1-8-2-4-11(15-14(8)12(7-21-15)16(18)19)10-5-3-9(17)6-13(10)24(20,22)23/h2-7,16,21H,1H3,(H2,20,22,23). The molecule has 0 bridgehead atoms. The highest BCUT2D eigenvalue weighted by Gasteiger charge is 2.21. The van der Waals surface area contributed by atoms with Gasteiger partial charge in [-0.05, 0) is 24.6 Å². The highest BCUT2D eigenvalue weighted by atomic mass is 32.2. The third-order valence-electron chi connectivity index (χ3n) is 3.85. The molecule has 3 rings (SSSR count). The van der Waals surface area contributed by atoms with Crippen LogP contribution in [0.25, 0.3) is 22.0 Å². The molecular formula is C16H13F3N2O2S. The number of hydrogen-bond acceptors (Lipinski definition) is 2. The molecule has 0 saturated heterocycles. The van der Waals surface area contributed by atoms with Gasteiger partial charge in [-0.3, -0.25) is 0 Å². The van der Waals surface area contributed by atoms with Crippen LogP contribution < -0.4 is 5.14 Å². The van der Waals surface area contributed by atoms with E-state index in [1.807, 2.05) is 0 Å². The Morgan fingerprint density at radius 3 is 2.42 bits per heavy atom. The summed E-state index contributed by atoms with van der Waals surface area (Å²) in [5, 5.41) is 5.48. The topological polar surface area (TPSA) is 76.0 Å². The van der Waals surface area contributed by atoms with Gasteiger partial charge in [0.25, 0.3) is 6.43 Å². The Hall–Kier alpha value is -2.32. The van der Waals surface area contributed by atoms with Crippen molar-refractivity contribution < 1.29 is 21.6 Å². The first-order valence-electron chi connectivity index (χ1n) is 6.91. The molecule has 0 atom stereocenters. The molecule has 0 unspecified atom stereocenters. The highest BCUT2D eigenvalue weighted by Crippen LogP contribution is 2.37. The molecule has 0 amide bonds. The lowest BCUT2D eigenvalue weighted by Gasteiger charge is -2.11. The molecule has 0 aliphatic rings. The first-order valence-corrected chi connectivity index (χ1v) is 8.46. The van der Waals surface area contributed by atoms with Crippen molar-refractivity contribution in [2.24, 2.45) is 5.14 Å². The van der Waals surface area contributed by atoms with Crippen molar-refractivity contribution in [3.63, 3.8) is 0 Å². The summed E-state index contributed by atoms with van der Waals surface area (Å²) in [4.78, 5) is 2.36. The fourth-order valence-electron chi connectivity index (χ4n) is 2.80. The van der Waals surface area contributed by atoms with Crippen molar-refractivity contribution in [3.8, 4) is 11.1 Å². The van der Waals surface area contributed by atoms with E-state index in [4.69, 9.17) is 5.14 Å². The average molecular weight is 354 g/mol. The number of aromatic nitrogens is 1. The fourth-order valence-corrected chi connectivity index (χ4v) is 3.56. The molecule has 0 radical (unpaired) electrons. The van der Waals surface area contributed by atoms with E-state index in [9.17, 15) is 21.6 Å². The van der Waals surface area contributed by atoms with Crippen molar-refractivity contribution in [1.29, 1.82) is 0 Å². The molecule has 0 aliphatic carbocycles. The number of aromatic amines is 1. The Balaban J connectivity index is 2.39. The summed E-state index contributed by atoms with van der Waals surface area (Å²) in [7, 11) is -4.19. The SMILES string of the molecule is Cc1ccc(-c2ccc(F)cc2S(N)(=O)=O)c2[nH]cc(C(F)F)c12. The minimum atomic E-state index is -4.19. The third-order valence-corrected chi connectivity index (χ3v) is 4.80. The maximum Gasteiger partial charge on any atom is 0.265 e. The molecule has 3 aromatic rings. The monoisotopic (exact) mass is 354 g/mol. The summed E-state index contributed by atoms with van der Waals surface area (Å²) in [6.07, 6.45) is -1.50. The van der Waals surface area contributed by atoms with Crippen LogP contribution in [0.15, 0.2) is 41.4 Å². The largest absolute Gasteiger partial charge is 0.360 e. The summed E-state index contributed by atoms with van der Waals surface area (Å²) in [6.45, 7) is 1.68. The molecule has 3 N–H and O–H groups in total. The zero-order valence-electron chi connectivity index (χ0n) is 12.5. The third kappa shape index (κ3) is 2.67. The maximum atomic E-state index is 13.5. The second-order valence-electron chi connectivity index (χ2n) is 5.41. The van der Waals surface area contributed by atoms with Crippen LogP contribution in [0.3, 0.4) is 0 Å². The van der Waals surface area contributed by atoms with Gasteiger partial charge in [-0.15, -0.1) is 0 Å². The van der Waals surface area contributed by atoms with Gasteiger partial charge in [0.1, 0.15) is 5.82 Å². The predicted octanol–water partition coefficient (Wildman–Crippen LogP) is 3.87. The van der Waals surface area contributed by atoms with Crippen LogP contribution in [0.4, 0.5) is 13.2 Å². The molecule has 0 spiro atoms. The van der Waals surface area contributed by atoms with Gasteiger partial charge in [-0.2, -0.15) is 0 Å². The Bertz CT molecular complexity index is 1040. The van der Waals surface area contributed by atoms with E-state index < -0.39 is 27.2 Å². The number of nitrogens with two attached hydrogens (primary N) is 1. The first kappa shape index (κ1) is 16.5. The van der Waals surface area contributed by atoms with E-state index in [2.05, 4.69) is 4.98 Å². The lowest BCUT2D eigenvalue weighted by Crippen LogP contribution is -2.13. The Morgan fingerprint density at radius 1 is 1.12 bits per heavy atom. The van der Waals surface area contributed by atoms with Crippen LogP contribution in [0.1, 0.15) is 17.6 Å². The van der Waals surface area contributed by atoms with E-state index in [0.29, 0.717) is 22.0 Å². The maximum absolute atomic E-state index is 13.5. The average Bonchev–Trinajstić information content (AvgIpc) is 2.93. The van der Waals surface area contributed by atoms with Gasteiger partial charge < -0.3 is 4.98 Å². The number of benzene rings is 2. The minimum absolute atomic E-state index is 0.145. The number of alkyl halides is 2. The number of primary sulfonamides is 1. The lowest BCUT2D eigenvalue weighted by atomic mass is 9.98. The minimum Gasteiger partial charge on any atom is -0.360 e. The molecule has 1 aromatic heterocycles. The molecule has 2 aromatic carbocycles. The molecule has 4 nitrogen and oxygen atoms in total. The molecule has 0 aliphatic heterocycles. The van der Waals surface area contributed by atoms with Gasteiger partial charge in [0.15, 0.2) is 0 Å². The molecule has 126 valence electrons. The Kier molecular flexibility index (Phi) is 3.89. The number of hydrogen-bond donors (Lipinski definition) is 2. The normalized spacial score (nSPS) is 12.2. The summed E-state index contributed by atoms with van der Waals surface area (Å²) in [5.41, 5.74) is 1.29. The molecule has 8 heteroatoms. The number of nitrogens with one attached hydrogen (secondary N) is 1. The van der Waals surface area contributed by atoms with Gasteiger partial charge in [0, 0.05) is 28.3 Å². The fraction of sp³-hybridized carbons (Fsp3) is 0.125. The van der Waals surface area contributed by atoms with E-state index in [1.165, 1.54) is 12.3 Å². The van der Waals surface area contributed by atoms with Crippen LogP contribution >= 0.6 is 0 Å². The quantitative estimate of drug-likeness (QED) is 0.749. The number of H-pyrrole nitrogens is 1. The zero-order chi connectivity index (χ0) is 17.6. The van der Waals surface area contributed by atoms with Crippen LogP contribution in [0.2, 0.25) is 0 Å². The summed E-state index contributed by atoms with van der Waals surface area (Å²) < 4.78 is 63.4. The van der Waals surface area contributed by atoms with E-state index in [1.54, 1.807) is 19.1 Å². The molecule has 0 saturated carbocycles. The smallest absolute Gasteiger partial charge is 0.265 e. The second-order valence-corrected chi connectivity index (χ2v) is 6.94. The Morgan fingerprint density at radius 2 is 1.79 bits per heavy atom. The number of aryl methyl sites for hydroxylation is 1. The number of halogens is 3. The van der Waals surface area contributed by atoms with Crippen LogP contribution in [0, 0.1) is 12.7 Å². The van der Waals surface area contributed by atoms with Gasteiger partial charge in [-0.25, -0.2) is 26.7 Å². The van der Waals surface area contributed by atoms with Crippen LogP contribution in [0.5, 0.6) is 0 Å². The van der Waals surface area contributed by atoms with Gasteiger partial charge in [0.2, 0.25) is 10.0 Å². The highest BCUT2D eigenvalue weighted by molar-refractivity contribution is 7.89. The van der Waals surface area contributed by atoms with E-state index in [0.717, 1.165) is 12.1 Å². The van der Waals surface area contributed by atoms with E-state index >= 15 is 0 Å². The van der Waals surface area contributed by atoms with Gasteiger partial charge in [-0.1, -0.05) is 18.2 Å². The van der Waals surface area contributed by atoms with Crippen LogP contribution in [-0.4, -0.2) is 13.4 Å². The summed E-state index contributed by atoms with van der Waals surface area (Å²) >= 11 is 0. The van der Waals surface area contributed by atoms with Crippen molar-refractivity contribution in [1.82, 2.24) is 4.98 Å². The number of rotatable bonds is 3. The lowest BCUT2D eigenvalue weighted by molar-refractivity contribution is 0.153. The molecule has 1 heterocycles.